The van der Waals surface area contributed by atoms with Gasteiger partial charge in [-0.25, -0.2) is 4.39 Å². The van der Waals surface area contributed by atoms with Gasteiger partial charge in [-0.05, 0) is 91.3 Å². The van der Waals surface area contributed by atoms with E-state index in [4.69, 9.17) is 0 Å². The van der Waals surface area contributed by atoms with Gasteiger partial charge >= 0.3 is 0 Å². The molecule has 2 aromatic carbocycles. The second-order valence-corrected chi connectivity index (χ2v) is 7.80. The van der Waals surface area contributed by atoms with E-state index in [0.29, 0.717) is 0 Å². The monoisotopic (exact) mass is 367 g/mol. The number of halogens is 1. The zero-order valence-electron chi connectivity index (χ0n) is 15.3. The minimum atomic E-state index is -0.141. The summed E-state index contributed by atoms with van der Waals surface area (Å²) in [6.45, 7) is 8.02. The maximum Gasteiger partial charge on any atom is 0.123 e. The molecule has 134 valence electrons. The van der Waals surface area contributed by atoms with Crippen molar-refractivity contribution >= 4 is 27.9 Å². The maximum atomic E-state index is 13.4. The molecular formula is C21H22FN3S. The van der Waals surface area contributed by atoms with Crippen molar-refractivity contribution in [1.29, 1.82) is 0 Å². The number of nitrogens with one attached hydrogen (secondary N) is 1. The Kier molecular flexibility index (Phi) is 4.41. The van der Waals surface area contributed by atoms with E-state index < -0.39 is 0 Å². The maximum absolute atomic E-state index is 13.4. The van der Waals surface area contributed by atoms with Crippen molar-refractivity contribution in [3.63, 3.8) is 0 Å². The zero-order valence-corrected chi connectivity index (χ0v) is 16.1. The molecule has 5 heteroatoms. The third kappa shape index (κ3) is 3.31. The zero-order chi connectivity index (χ0) is 18.3. The van der Waals surface area contributed by atoms with Crippen LogP contribution in [0.1, 0.15) is 27.9 Å². The number of aromatic nitrogens is 1. The van der Waals surface area contributed by atoms with Crippen molar-refractivity contribution < 1.29 is 4.39 Å². The molecule has 0 spiro atoms. The van der Waals surface area contributed by atoms with E-state index in [1.165, 1.54) is 33.9 Å². The lowest BCUT2D eigenvalue weighted by atomic mass is 9.98. The lowest BCUT2D eigenvalue weighted by Crippen LogP contribution is -2.30. The first-order valence-corrected chi connectivity index (χ1v) is 9.61. The van der Waals surface area contributed by atoms with Crippen LogP contribution in [-0.2, 0) is 13.0 Å². The molecule has 0 amide bonds. The predicted octanol–water partition coefficient (Wildman–Crippen LogP) is 5.51. The summed E-state index contributed by atoms with van der Waals surface area (Å²) < 4.78 is 17.8. The normalized spacial score (nSPS) is 13.6. The average molecular weight is 367 g/mol. The summed E-state index contributed by atoms with van der Waals surface area (Å²) in [4.78, 5) is 2.38. The van der Waals surface area contributed by atoms with Gasteiger partial charge in [0.15, 0.2) is 0 Å². The van der Waals surface area contributed by atoms with Gasteiger partial charge in [0.25, 0.3) is 0 Å². The first-order valence-electron chi connectivity index (χ1n) is 8.83. The smallest absolute Gasteiger partial charge is 0.123 e. The van der Waals surface area contributed by atoms with E-state index in [2.05, 4.69) is 46.6 Å². The summed E-state index contributed by atoms with van der Waals surface area (Å²) in [5.74, 6) is -0.141. The minimum absolute atomic E-state index is 0.141. The van der Waals surface area contributed by atoms with Crippen molar-refractivity contribution in [1.82, 2.24) is 4.37 Å². The molecule has 3 aromatic rings. The Hall–Kier alpha value is -2.40. The standard InChI is InChI=1S/C21H22FN3S/c1-13-8-19(9-14(2)21(13)23-20-10-15(3)24-26-20)25-7-6-16-11-18(22)5-4-17(16)12-25/h4-5,8-11,23H,6-7,12H2,1-3H3. The van der Waals surface area contributed by atoms with Gasteiger partial charge in [-0.15, -0.1) is 0 Å². The summed E-state index contributed by atoms with van der Waals surface area (Å²) in [6.07, 6.45) is 0.880. The van der Waals surface area contributed by atoms with Crippen molar-refractivity contribution in [2.75, 3.05) is 16.8 Å². The molecular weight excluding hydrogens is 345 g/mol. The molecule has 4 rings (SSSR count). The van der Waals surface area contributed by atoms with E-state index in [-0.39, 0.29) is 5.82 Å². The Morgan fingerprint density at radius 2 is 1.81 bits per heavy atom. The Morgan fingerprint density at radius 3 is 2.50 bits per heavy atom. The highest BCUT2D eigenvalue weighted by Crippen LogP contribution is 2.33. The highest BCUT2D eigenvalue weighted by molar-refractivity contribution is 7.10. The molecule has 0 saturated carbocycles. The third-order valence-corrected chi connectivity index (χ3v) is 5.74. The van der Waals surface area contributed by atoms with E-state index in [0.717, 1.165) is 41.5 Å². The van der Waals surface area contributed by atoms with Crippen LogP contribution in [0.5, 0.6) is 0 Å². The number of fused-ring (bicyclic) bond motifs is 1. The van der Waals surface area contributed by atoms with Gasteiger partial charge < -0.3 is 10.2 Å². The van der Waals surface area contributed by atoms with Gasteiger partial charge in [-0.1, -0.05) is 6.07 Å². The average Bonchev–Trinajstić information content (AvgIpc) is 3.02. The molecule has 2 heterocycles. The first kappa shape index (κ1) is 17.0. The summed E-state index contributed by atoms with van der Waals surface area (Å²) in [5.41, 5.74) is 8.20. The van der Waals surface area contributed by atoms with Crippen molar-refractivity contribution in [3.05, 3.63) is 70.2 Å². The van der Waals surface area contributed by atoms with Crippen LogP contribution in [0, 0.1) is 26.6 Å². The van der Waals surface area contributed by atoms with Crippen LogP contribution in [-0.4, -0.2) is 10.9 Å². The molecule has 1 aliphatic heterocycles. The topological polar surface area (TPSA) is 28.2 Å². The Morgan fingerprint density at radius 1 is 1.04 bits per heavy atom. The van der Waals surface area contributed by atoms with Crippen LogP contribution in [0.4, 0.5) is 20.8 Å². The fourth-order valence-corrected chi connectivity index (χ4v) is 4.27. The highest BCUT2D eigenvalue weighted by Gasteiger charge is 2.18. The lowest BCUT2D eigenvalue weighted by molar-refractivity contribution is 0.619. The molecule has 0 aliphatic carbocycles. The lowest BCUT2D eigenvalue weighted by Gasteiger charge is -2.31. The van der Waals surface area contributed by atoms with Crippen LogP contribution in [0.25, 0.3) is 0 Å². The number of hydrogen-bond acceptors (Lipinski definition) is 4. The predicted molar refractivity (Wildman–Crippen MR) is 107 cm³/mol. The van der Waals surface area contributed by atoms with Gasteiger partial charge in [0.2, 0.25) is 0 Å². The number of hydrogen-bond donors (Lipinski definition) is 1. The van der Waals surface area contributed by atoms with Crippen LogP contribution in [0.2, 0.25) is 0 Å². The summed E-state index contributed by atoms with van der Waals surface area (Å²) in [5, 5.41) is 4.57. The summed E-state index contributed by atoms with van der Waals surface area (Å²) >= 11 is 1.49. The van der Waals surface area contributed by atoms with Gasteiger partial charge in [0.1, 0.15) is 10.8 Å². The van der Waals surface area contributed by atoms with E-state index in [9.17, 15) is 4.39 Å². The molecule has 0 atom stereocenters. The first-order chi connectivity index (χ1) is 12.5. The Labute approximate surface area is 157 Å². The molecule has 0 radical (unpaired) electrons. The molecule has 3 nitrogen and oxygen atoms in total. The largest absolute Gasteiger partial charge is 0.367 e. The molecule has 0 unspecified atom stereocenters. The van der Waals surface area contributed by atoms with Crippen molar-refractivity contribution in [2.45, 2.75) is 33.7 Å². The fraction of sp³-hybridized carbons (Fsp3) is 0.286. The Bertz CT molecular complexity index is 941. The van der Waals surface area contributed by atoms with Gasteiger partial charge in [0, 0.05) is 24.5 Å². The minimum Gasteiger partial charge on any atom is -0.367 e. The van der Waals surface area contributed by atoms with Crippen molar-refractivity contribution in [2.24, 2.45) is 0 Å². The Balaban J connectivity index is 1.59. The van der Waals surface area contributed by atoms with Gasteiger partial charge in [-0.2, -0.15) is 4.37 Å². The highest BCUT2D eigenvalue weighted by atomic mass is 32.1. The molecule has 0 fully saturated rings. The molecule has 1 N–H and O–H groups in total. The van der Waals surface area contributed by atoms with Gasteiger partial charge in [-0.3, -0.25) is 0 Å². The molecule has 1 aliphatic rings. The van der Waals surface area contributed by atoms with Crippen LogP contribution >= 0.6 is 11.5 Å². The fourth-order valence-electron chi connectivity index (χ4n) is 3.61. The van der Waals surface area contributed by atoms with E-state index in [1.807, 2.05) is 13.0 Å². The number of aryl methyl sites for hydroxylation is 3. The van der Waals surface area contributed by atoms with Gasteiger partial charge in [0.05, 0.1) is 5.69 Å². The molecule has 26 heavy (non-hydrogen) atoms. The summed E-state index contributed by atoms with van der Waals surface area (Å²) in [6, 6.07) is 11.7. The molecule has 0 bridgehead atoms. The van der Waals surface area contributed by atoms with Crippen LogP contribution < -0.4 is 10.2 Å². The number of rotatable bonds is 3. The second-order valence-electron chi connectivity index (χ2n) is 7.00. The molecule has 1 aromatic heterocycles. The molecule has 0 saturated heterocycles. The summed E-state index contributed by atoms with van der Waals surface area (Å²) in [7, 11) is 0. The third-order valence-electron chi connectivity index (χ3n) is 4.94. The van der Waals surface area contributed by atoms with Crippen LogP contribution in [0.3, 0.4) is 0 Å². The van der Waals surface area contributed by atoms with Crippen LogP contribution in [0.15, 0.2) is 36.4 Å². The SMILES string of the molecule is Cc1cc(Nc2c(C)cc(N3CCc4cc(F)ccc4C3)cc2C)sn1. The van der Waals surface area contributed by atoms with E-state index in [1.54, 1.807) is 12.1 Å². The number of anilines is 3. The number of benzene rings is 2. The van der Waals surface area contributed by atoms with E-state index >= 15 is 0 Å². The number of nitrogens with zero attached hydrogens (tertiary/aromatic N) is 2. The second kappa shape index (κ2) is 6.72. The van der Waals surface area contributed by atoms with Crippen molar-refractivity contribution in [3.8, 4) is 0 Å². The quantitative estimate of drug-likeness (QED) is 0.661.